The zero-order valence-corrected chi connectivity index (χ0v) is 10.4. The highest BCUT2D eigenvalue weighted by atomic mass is 16.2. The summed E-state index contributed by atoms with van der Waals surface area (Å²) in [5.41, 5.74) is 1.26. The summed E-state index contributed by atoms with van der Waals surface area (Å²) in [4.78, 5) is 12.9. The van der Waals surface area contributed by atoms with Crippen molar-refractivity contribution in [2.75, 3.05) is 20.6 Å². The number of aromatic nitrogens is 1. The molecule has 0 aromatic carbocycles. The number of carbonyl (C=O) groups is 1. The van der Waals surface area contributed by atoms with Crippen LogP contribution in [0.3, 0.4) is 0 Å². The van der Waals surface area contributed by atoms with Gasteiger partial charge in [0.1, 0.15) is 0 Å². The van der Waals surface area contributed by atoms with Crippen molar-refractivity contribution in [2.24, 2.45) is 0 Å². The molecule has 0 radical (unpaired) electrons. The molecule has 1 N–H and O–H groups in total. The lowest BCUT2D eigenvalue weighted by Crippen LogP contribution is -2.26. The van der Waals surface area contributed by atoms with Gasteiger partial charge >= 0.3 is 0 Å². The molecule has 0 aliphatic carbocycles. The highest BCUT2D eigenvalue weighted by molar-refractivity contribution is 5.75. The van der Waals surface area contributed by atoms with Gasteiger partial charge in [0, 0.05) is 52.5 Å². The largest absolute Gasteiger partial charge is 0.354 e. The Morgan fingerprint density at radius 3 is 2.81 bits per heavy atom. The molecule has 0 saturated heterocycles. The zero-order valence-electron chi connectivity index (χ0n) is 10.4. The van der Waals surface area contributed by atoms with E-state index in [2.05, 4.69) is 35.3 Å². The quantitative estimate of drug-likeness (QED) is 0.733. The second-order valence-corrected chi connectivity index (χ2v) is 4.07. The summed E-state index contributed by atoms with van der Waals surface area (Å²) >= 11 is 0. The second kappa shape index (κ2) is 6.33. The monoisotopic (exact) mass is 223 g/mol. The van der Waals surface area contributed by atoms with Crippen LogP contribution in [-0.4, -0.2) is 36.0 Å². The van der Waals surface area contributed by atoms with Crippen LogP contribution in [0.5, 0.6) is 0 Å². The molecule has 0 unspecified atom stereocenters. The van der Waals surface area contributed by atoms with Gasteiger partial charge in [-0.15, -0.1) is 0 Å². The SMILES string of the molecule is CCn1ccc(CNCCC(=O)N(C)C)c1. The van der Waals surface area contributed by atoms with Crippen LogP contribution in [0.4, 0.5) is 0 Å². The van der Waals surface area contributed by atoms with E-state index < -0.39 is 0 Å². The van der Waals surface area contributed by atoms with E-state index in [1.165, 1.54) is 5.56 Å². The van der Waals surface area contributed by atoms with Gasteiger partial charge in [0.05, 0.1) is 0 Å². The number of hydrogen-bond acceptors (Lipinski definition) is 2. The minimum Gasteiger partial charge on any atom is -0.354 e. The van der Waals surface area contributed by atoms with E-state index in [0.717, 1.165) is 19.6 Å². The van der Waals surface area contributed by atoms with Gasteiger partial charge in [-0.1, -0.05) is 0 Å². The van der Waals surface area contributed by atoms with E-state index in [-0.39, 0.29) is 5.91 Å². The van der Waals surface area contributed by atoms with Gasteiger partial charge in [0.15, 0.2) is 0 Å². The summed E-state index contributed by atoms with van der Waals surface area (Å²) in [5, 5.41) is 3.26. The van der Waals surface area contributed by atoms with Crippen molar-refractivity contribution < 1.29 is 4.79 Å². The molecule has 1 aromatic rings. The van der Waals surface area contributed by atoms with Crippen LogP contribution >= 0.6 is 0 Å². The lowest BCUT2D eigenvalue weighted by atomic mass is 10.3. The van der Waals surface area contributed by atoms with Crippen LogP contribution in [0, 0.1) is 0 Å². The summed E-state index contributed by atoms with van der Waals surface area (Å²) in [5.74, 6) is 0.165. The topological polar surface area (TPSA) is 37.3 Å². The highest BCUT2D eigenvalue weighted by Crippen LogP contribution is 2.00. The predicted octanol–water partition coefficient (Wildman–Crippen LogP) is 1.08. The van der Waals surface area contributed by atoms with Crippen molar-refractivity contribution >= 4 is 5.91 Å². The normalized spacial score (nSPS) is 10.4. The van der Waals surface area contributed by atoms with E-state index in [9.17, 15) is 4.79 Å². The molecule has 1 heterocycles. The Bertz CT molecular complexity index is 331. The zero-order chi connectivity index (χ0) is 12.0. The van der Waals surface area contributed by atoms with Crippen molar-refractivity contribution in [1.29, 1.82) is 0 Å². The number of aryl methyl sites for hydroxylation is 1. The summed E-state index contributed by atoms with van der Waals surface area (Å²) in [6.45, 7) is 4.67. The molecule has 4 heteroatoms. The Kier molecular flexibility index (Phi) is 5.05. The maximum Gasteiger partial charge on any atom is 0.223 e. The fourth-order valence-electron chi connectivity index (χ4n) is 1.44. The number of nitrogens with one attached hydrogen (secondary N) is 1. The van der Waals surface area contributed by atoms with Crippen molar-refractivity contribution in [3.8, 4) is 0 Å². The first-order valence-corrected chi connectivity index (χ1v) is 5.69. The molecule has 0 spiro atoms. The first kappa shape index (κ1) is 12.8. The van der Waals surface area contributed by atoms with Gasteiger partial charge in [-0.2, -0.15) is 0 Å². The van der Waals surface area contributed by atoms with Crippen LogP contribution in [0.15, 0.2) is 18.5 Å². The smallest absolute Gasteiger partial charge is 0.223 e. The minimum atomic E-state index is 0.165. The van der Waals surface area contributed by atoms with Gasteiger partial charge in [0.2, 0.25) is 5.91 Å². The average Bonchev–Trinajstić information content (AvgIpc) is 2.71. The Morgan fingerprint density at radius 1 is 1.50 bits per heavy atom. The van der Waals surface area contributed by atoms with Crippen LogP contribution in [0.2, 0.25) is 0 Å². The Hall–Kier alpha value is -1.29. The van der Waals surface area contributed by atoms with Gasteiger partial charge in [-0.25, -0.2) is 0 Å². The molecule has 0 bridgehead atoms. The number of amides is 1. The Labute approximate surface area is 97.2 Å². The second-order valence-electron chi connectivity index (χ2n) is 4.07. The average molecular weight is 223 g/mol. The first-order valence-electron chi connectivity index (χ1n) is 5.69. The summed E-state index contributed by atoms with van der Waals surface area (Å²) < 4.78 is 2.14. The number of rotatable bonds is 6. The third-order valence-electron chi connectivity index (χ3n) is 2.52. The standard InChI is InChI=1S/C12H21N3O/c1-4-15-8-6-11(10-15)9-13-7-5-12(16)14(2)3/h6,8,10,13H,4-5,7,9H2,1-3H3. The minimum absolute atomic E-state index is 0.165. The van der Waals surface area contributed by atoms with E-state index in [0.29, 0.717) is 6.42 Å². The third-order valence-corrected chi connectivity index (χ3v) is 2.52. The molecule has 0 fully saturated rings. The van der Waals surface area contributed by atoms with Crippen LogP contribution in [0.1, 0.15) is 18.9 Å². The molecular formula is C12H21N3O. The molecule has 1 amide bonds. The molecule has 0 aliphatic rings. The van der Waals surface area contributed by atoms with Crippen LogP contribution < -0.4 is 5.32 Å². The van der Waals surface area contributed by atoms with Gasteiger partial charge in [-0.05, 0) is 18.6 Å². The van der Waals surface area contributed by atoms with Crippen molar-refractivity contribution in [2.45, 2.75) is 26.4 Å². The van der Waals surface area contributed by atoms with Crippen molar-refractivity contribution in [1.82, 2.24) is 14.8 Å². The lowest BCUT2D eigenvalue weighted by molar-refractivity contribution is -0.128. The Morgan fingerprint density at radius 2 is 2.25 bits per heavy atom. The van der Waals surface area contributed by atoms with Crippen LogP contribution in [-0.2, 0) is 17.9 Å². The van der Waals surface area contributed by atoms with E-state index in [1.807, 2.05) is 0 Å². The summed E-state index contributed by atoms with van der Waals surface area (Å²) in [7, 11) is 3.56. The van der Waals surface area contributed by atoms with Crippen molar-refractivity contribution in [3.05, 3.63) is 24.0 Å². The van der Waals surface area contributed by atoms with Crippen LogP contribution in [0.25, 0.3) is 0 Å². The van der Waals surface area contributed by atoms with E-state index in [4.69, 9.17) is 0 Å². The maximum atomic E-state index is 11.3. The third kappa shape index (κ3) is 4.06. The number of carbonyl (C=O) groups excluding carboxylic acids is 1. The molecule has 16 heavy (non-hydrogen) atoms. The van der Waals surface area contributed by atoms with Gasteiger partial charge in [-0.3, -0.25) is 4.79 Å². The molecule has 0 aliphatic heterocycles. The first-order chi connectivity index (χ1) is 7.63. The number of hydrogen-bond donors (Lipinski definition) is 1. The van der Waals surface area contributed by atoms with Gasteiger partial charge < -0.3 is 14.8 Å². The fraction of sp³-hybridized carbons (Fsp3) is 0.583. The lowest BCUT2D eigenvalue weighted by Gasteiger charge is -2.10. The summed E-state index contributed by atoms with van der Waals surface area (Å²) in [6, 6.07) is 2.10. The summed E-state index contributed by atoms with van der Waals surface area (Å²) in [6.07, 6.45) is 4.75. The maximum absolute atomic E-state index is 11.3. The predicted molar refractivity (Wildman–Crippen MR) is 65.1 cm³/mol. The van der Waals surface area contributed by atoms with E-state index in [1.54, 1.807) is 19.0 Å². The van der Waals surface area contributed by atoms with Gasteiger partial charge in [0.25, 0.3) is 0 Å². The highest BCUT2D eigenvalue weighted by Gasteiger charge is 2.02. The number of nitrogens with zero attached hydrogens (tertiary/aromatic N) is 2. The molecule has 0 atom stereocenters. The molecule has 90 valence electrons. The van der Waals surface area contributed by atoms with E-state index >= 15 is 0 Å². The molecule has 1 aromatic heterocycles. The molecule has 0 saturated carbocycles. The van der Waals surface area contributed by atoms with Crippen molar-refractivity contribution in [3.63, 3.8) is 0 Å². The molecule has 4 nitrogen and oxygen atoms in total. The molecular weight excluding hydrogens is 202 g/mol. The molecule has 1 rings (SSSR count). The fourth-order valence-corrected chi connectivity index (χ4v) is 1.44. The Balaban J connectivity index is 2.18.